The number of ether oxygens (including phenoxy) is 2. The lowest BCUT2D eigenvalue weighted by Gasteiger charge is -2.06. The summed E-state index contributed by atoms with van der Waals surface area (Å²) >= 11 is 0. The molecule has 28 heavy (non-hydrogen) atoms. The van der Waals surface area contributed by atoms with Gasteiger partial charge in [0.2, 0.25) is 0 Å². The second kappa shape index (κ2) is 21.1. The molecule has 0 aromatic carbocycles. The van der Waals surface area contributed by atoms with Crippen LogP contribution in [0.4, 0.5) is 0 Å². The number of carboxylic acids is 2. The van der Waals surface area contributed by atoms with Crippen molar-refractivity contribution in [3.05, 3.63) is 0 Å². The standard InChI is InChI=1S/C18H30O8.2H3N/c19-15(20)9-3-5-11-17(23)25-13-7-1-2-8-14-26-18(24)12-6-4-10-16(21)22;;/h1-14H2,(H,19,20)(H,21,22);2*1H3/p-2. The maximum Gasteiger partial charge on any atom is 0.305 e. The Morgan fingerprint density at radius 1 is 0.500 bits per heavy atom. The maximum atomic E-state index is 11.4. The summed E-state index contributed by atoms with van der Waals surface area (Å²) in [6.07, 6.45) is 5.26. The summed E-state index contributed by atoms with van der Waals surface area (Å²) in [5.74, 6) is -2.87. The van der Waals surface area contributed by atoms with Gasteiger partial charge in [-0.15, -0.1) is 0 Å². The minimum atomic E-state index is -1.11. The summed E-state index contributed by atoms with van der Waals surface area (Å²) in [4.78, 5) is 43.1. The van der Waals surface area contributed by atoms with Crippen LogP contribution >= 0.6 is 0 Å². The number of hydrogen-bond donors (Lipinski definition) is 2. The maximum absolute atomic E-state index is 11.4. The minimum Gasteiger partial charge on any atom is -0.550 e. The van der Waals surface area contributed by atoms with Gasteiger partial charge >= 0.3 is 11.9 Å². The third kappa shape index (κ3) is 23.8. The molecule has 0 rings (SSSR count). The van der Waals surface area contributed by atoms with E-state index >= 15 is 0 Å². The average Bonchev–Trinajstić information content (AvgIpc) is 2.57. The van der Waals surface area contributed by atoms with E-state index in [0.29, 0.717) is 38.9 Å². The van der Waals surface area contributed by atoms with Crippen molar-refractivity contribution in [3.63, 3.8) is 0 Å². The Kier molecular flexibility index (Phi) is 23.0. The van der Waals surface area contributed by atoms with E-state index in [4.69, 9.17) is 9.47 Å². The lowest BCUT2D eigenvalue weighted by atomic mass is 10.2. The number of hydrogen-bond acceptors (Lipinski definition) is 10. The second-order valence-electron chi connectivity index (χ2n) is 6.01. The van der Waals surface area contributed by atoms with Gasteiger partial charge in [-0.1, -0.05) is 0 Å². The van der Waals surface area contributed by atoms with E-state index in [1.165, 1.54) is 0 Å². The predicted molar refractivity (Wildman–Crippen MR) is 97.4 cm³/mol. The van der Waals surface area contributed by atoms with Crippen molar-refractivity contribution in [2.24, 2.45) is 0 Å². The van der Waals surface area contributed by atoms with Crippen LogP contribution in [0.5, 0.6) is 0 Å². The van der Waals surface area contributed by atoms with Gasteiger partial charge < -0.3 is 41.6 Å². The van der Waals surface area contributed by atoms with Gasteiger partial charge in [-0.25, -0.2) is 0 Å². The monoisotopic (exact) mass is 406 g/mol. The molecule has 0 atom stereocenters. The van der Waals surface area contributed by atoms with E-state index in [1.807, 2.05) is 0 Å². The zero-order chi connectivity index (χ0) is 19.6. The number of carbonyl (C=O) groups excluding carboxylic acids is 4. The van der Waals surface area contributed by atoms with Gasteiger partial charge in [0.15, 0.2) is 0 Å². The first-order chi connectivity index (χ1) is 12.4. The Hall–Kier alpha value is -2.20. The molecule has 0 aliphatic rings. The Balaban J connectivity index is -0.00000312. The van der Waals surface area contributed by atoms with Crippen LogP contribution in [-0.2, 0) is 28.7 Å². The molecule has 0 heterocycles. The van der Waals surface area contributed by atoms with Crippen LogP contribution in [0.2, 0.25) is 0 Å². The van der Waals surface area contributed by atoms with Gasteiger partial charge in [-0.2, -0.15) is 0 Å². The molecule has 0 unspecified atom stereocenters. The van der Waals surface area contributed by atoms with Crippen LogP contribution < -0.4 is 22.5 Å². The highest BCUT2D eigenvalue weighted by Crippen LogP contribution is 2.05. The van der Waals surface area contributed by atoms with Crippen LogP contribution in [0.15, 0.2) is 0 Å². The molecule has 0 bridgehead atoms. The van der Waals surface area contributed by atoms with E-state index < -0.39 is 11.9 Å². The molecule has 166 valence electrons. The quantitative estimate of drug-likeness (QED) is 0.254. The van der Waals surface area contributed by atoms with E-state index in [0.717, 1.165) is 25.7 Å². The van der Waals surface area contributed by atoms with Gasteiger partial charge in [0.1, 0.15) is 0 Å². The summed E-state index contributed by atoms with van der Waals surface area (Å²) in [5.41, 5.74) is 0. The van der Waals surface area contributed by atoms with Crippen molar-refractivity contribution in [1.82, 2.24) is 12.3 Å². The van der Waals surface area contributed by atoms with Crippen molar-refractivity contribution >= 4 is 23.9 Å². The third-order valence-corrected chi connectivity index (χ3v) is 3.59. The van der Waals surface area contributed by atoms with Crippen LogP contribution in [-0.4, -0.2) is 37.1 Å². The van der Waals surface area contributed by atoms with E-state index in [1.54, 1.807) is 0 Å². The molecule has 10 heteroatoms. The molecular formula is C18H34N2O8-2. The fourth-order valence-corrected chi connectivity index (χ4v) is 2.15. The number of esters is 2. The highest BCUT2D eigenvalue weighted by Gasteiger charge is 2.04. The Bertz CT molecular complexity index is 403. The van der Waals surface area contributed by atoms with Gasteiger partial charge in [0, 0.05) is 24.8 Å². The van der Waals surface area contributed by atoms with E-state index in [-0.39, 0.29) is 49.9 Å². The van der Waals surface area contributed by atoms with Crippen LogP contribution in [0.25, 0.3) is 0 Å². The highest BCUT2D eigenvalue weighted by molar-refractivity contribution is 5.70. The molecule has 0 saturated carbocycles. The number of unbranched alkanes of at least 4 members (excludes halogenated alkanes) is 5. The first-order valence-corrected chi connectivity index (χ1v) is 9.12. The molecule has 0 aliphatic carbocycles. The zero-order valence-corrected chi connectivity index (χ0v) is 16.6. The smallest absolute Gasteiger partial charge is 0.305 e. The van der Waals surface area contributed by atoms with Crippen LogP contribution in [0.3, 0.4) is 0 Å². The normalized spacial score (nSPS) is 9.57. The summed E-state index contributed by atoms with van der Waals surface area (Å²) in [6, 6.07) is 0. The summed E-state index contributed by atoms with van der Waals surface area (Å²) in [7, 11) is 0. The van der Waals surface area contributed by atoms with Crippen molar-refractivity contribution in [2.45, 2.75) is 77.0 Å². The largest absolute Gasteiger partial charge is 0.550 e. The molecular weight excluding hydrogens is 372 g/mol. The van der Waals surface area contributed by atoms with Crippen molar-refractivity contribution in [2.75, 3.05) is 13.2 Å². The van der Waals surface area contributed by atoms with Gasteiger partial charge in [0.25, 0.3) is 0 Å². The van der Waals surface area contributed by atoms with Crippen molar-refractivity contribution < 1.29 is 38.9 Å². The number of carbonyl (C=O) groups is 4. The lowest BCUT2D eigenvalue weighted by molar-refractivity contribution is -0.307. The number of carboxylic acid groups (broad SMARTS) is 2. The number of aliphatic carboxylic acids is 2. The molecule has 0 aromatic heterocycles. The second-order valence-corrected chi connectivity index (χ2v) is 6.01. The predicted octanol–water partition coefficient (Wildman–Crippen LogP) is 0.578. The lowest BCUT2D eigenvalue weighted by Crippen LogP contribution is -2.21. The molecule has 0 aliphatic heterocycles. The van der Waals surface area contributed by atoms with Crippen LogP contribution in [0, 0.1) is 0 Å². The number of rotatable bonds is 17. The Morgan fingerprint density at radius 2 is 0.821 bits per heavy atom. The van der Waals surface area contributed by atoms with Crippen molar-refractivity contribution in [1.29, 1.82) is 0 Å². The highest BCUT2D eigenvalue weighted by atomic mass is 16.5. The minimum absolute atomic E-state index is 0. The molecule has 6 N–H and O–H groups in total. The molecule has 0 spiro atoms. The first-order valence-electron chi connectivity index (χ1n) is 9.12. The van der Waals surface area contributed by atoms with Gasteiger partial charge in [0.05, 0.1) is 13.2 Å². The Morgan fingerprint density at radius 3 is 1.14 bits per heavy atom. The summed E-state index contributed by atoms with van der Waals surface area (Å²) < 4.78 is 10.1. The molecule has 10 nitrogen and oxygen atoms in total. The van der Waals surface area contributed by atoms with E-state index in [2.05, 4.69) is 0 Å². The van der Waals surface area contributed by atoms with Gasteiger partial charge in [-0.05, 0) is 64.2 Å². The zero-order valence-electron chi connectivity index (χ0n) is 16.6. The third-order valence-electron chi connectivity index (χ3n) is 3.59. The van der Waals surface area contributed by atoms with E-state index in [9.17, 15) is 29.4 Å². The SMILES string of the molecule is N.N.O=C([O-])CCCCC(=O)OCCCCCCOC(=O)CCCCC(=O)[O-]. The molecule has 0 saturated heterocycles. The van der Waals surface area contributed by atoms with Gasteiger partial charge in [-0.3, -0.25) is 9.59 Å². The Labute approximate surface area is 166 Å². The fraction of sp³-hybridized carbons (Fsp3) is 0.778. The summed E-state index contributed by atoms with van der Waals surface area (Å²) in [5, 5.41) is 20.4. The molecule has 0 fully saturated rings. The summed E-state index contributed by atoms with van der Waals surface area (Å²) in [6.45, 7) is 0.662. The van der Waals surface area contributed by atoms with Crippen LogP contribution in [0.1, 0.15) is 77.0 Å². The molecule has 0 amide bonds. The molecule has 0 radical (unpaired) electrons. The fourth-order valence-electron chi connectivity index (χ4n) is 2.15. The first kappa shape index (κ1) is 30.5. The molecule has 0 aromatic rings. The van der Waals surface area contributed by atoms with Crippen molar-refractivity contribution in [3.8, 4) is 0 Å². The topological polar surface area (TPSA) is 203 Å². The average molecular weight is 406 g/mol.